The number of rotatable bonds is 9. The topological polar surface area (TPSA) is 75.7 Å². The molecule has 1 aromatic carbocycles. The SMILES string of the molecule is CCCCCCNC(=O)COC(=O)c1cccc(N2CCCC2=O)c1. The van der Waals surface area contributed by atoms with E-state index in [-0.39, 0.29) is 18.4 Å². The van der Waals surface area contributed by atoms with Crippen molar-refractivity contribution in [3.63, 3.8) is 0 Å². The maximum absolute atomic E-state index is 12.1. The van der Waals surface area contributed by atoms with Gasteiger partial charge < -0.3 is 15.0 Å². The predicted molar refractivity (Wildman–Crippen MR) is 95.5 cm³/mol. The Morgan fingerprint density at radius 1 is 1.24 bits per heavy atom. The number of benzene rings is 1. The molecule has 1 aliphatic rings. The van der Waals surface area contributed by atoms with Crippen LogP contribution in [-0.4, -0.2) is 37.5 Å². The van der Waals surface area contributed by atoms with E-state index in [1.54, 1.807) is 29.2 Å². The van der Waals surface area contributed by atoms with E-state index in [1.807, 2.05) is 0 Å². The number of esters is 1. The summed E-state index contributed by atoms with van der Waals surface area (Å²) in [6.07, 6.45) is 5.67. The van der Waals surface area contributed by atoms with Gasteiger partial charge in [-0.1, -0.05) is 32.3 Å². The highest BCUT2D eigenvalue weighted by Crippen LogP contribution is 2.22. The number of amides is 2. The van der Waals surface area contributed by atoms with Gasteiger partial charge in [0.15, 0.2) is 6.61 Å². The molecule has 0 aromatic heterocycles. The minimum atomic E-state index is -0.561. The van der Waals surface area contributed by atoms with Crippen molar-refractivity contribution in [2.24, 2.45) is 0 Å². The van der Waals surface area contributed by atoms with Crippen molar-refractivity contribution in [2.45, 2.75) is 45.4 Å². The van der Waals surface area contributed by atoms with Crippen molar-refractivity contribution in [1.29, 1.82) is 0 Å². The van der Waals surface area contributed by atoms with Gasteiger partial charge in [-0.15, -0.1) is 0 Å². The number of hydrogen-bond donors (Lipinski definition) is 1. The Labute approximate surface area is 148 Å². The second-order valence-electron chi connectivity index (χ2n) is 6.19. The number of carbonyl (C=O) groups is 3. The lowest BCUT2D eigenvalue weighted by Crippen LogP contribution is -2.29. The fourth-order valence-corrected chi connectivity index (χ4v) is 2.77. The van der Waals surface area contributed by atoms with E-state index in [0.29, 0.717) is 30.8 Å². The molecule has 1 saturated heterocycles. The van der Waals surface area contributed by atoms with Crippen LogP contribution < -0.4 is 10.2 Å². The van der Waals surface area contributed by atoms with Gasteiger partial charge in [0.05, 0.1) is 5.56 Å². The van der Waals surface area contributed by atoms with Crippen LogP contribution >= 0.6 is 0 Å². The van der Waals surface area contributed by atoms with E-state index in [0.717, 1.165) is 32.1 Å². The predicted octanol–water partition coefficient (Wildman–Crippen LogP) is 2.67. The molecule has 6 nitrogen and oxygen atoms in total. The van der Waals surface area contributed by atoms with Crippen LogP contribution in [0.15, 0.2) is 24.3 Å². The molecule has 1 N–H and O–H groups in total. The van der Waals surface area contributed by atoms with Gasteiger partial charge >= 0.3 is 5.97 Å². The van der Waals surface area contributed by atoms with Crippen LogP contribution in [0, 0.1) is 0 Å². The Hall–Kier alpha value is -2.37. The largest absolute Gasteiger partial charge is 0.452 e. The zero-order chi connectivity index (χ0) is 18.1. The smallest absolute Gasteiger partial charge is 0.338 e. The van der Waals surface area contributed by atoms with Crippen LogP contribution in [0.2, 0.25) is 0 Å². The maximum Gasteiger partial charge on any atom is 0.338 e. The zero-order valence-electron chi connectivity index (χ0n) is 14.8. The molecule has 0 bridgehead atoms. The molecule has 1 heterocycles. The van der Waals surface area contributed by atoms with Gasteiger partial charge in [-0.25, -0.2) is 4.79 Å². The molecule has 1 fully saturated rings. The summed E-state index contributed by atoms with van der Waals surface area (Å²) in [5.41, 5.74) is 1.03. The molecule has 1 aliphatic heterocycles. The Morgan fingerprint density at radius 2 is 2.08 bits per heavy atom. The van der Waals surface area contributed by atoms with Gasteiger partial charge in [-0.05, 0) is 31.0 Å². The van der Waals surface area contributed by atoms with Crippen molar-refractivity contribution in [2.75, 3.05) is 24.6 Å². The normalized spacial score (nSPS) is 13.8. The highest BCUT2D eigenvalue weighted by Gasteiger charge is 2.22. The molecule has 1 aromatic rings. The Balaban J connectivity index is 1.79. The molecule has 0 unspecified atom stereocenters. The zero-order valence-corrected chi connectivity index (χ0v) is 14.8. The number of ether oxygens (including phenoxy) is 1. The summed E-state index contributed by atoms with van der Waals surface area (Å²) in [6.45, 7) is 3.10. The van der Waals surface area contributed by atoms with Gasteiger partial charge in [0.25, 0.3) is 5.91 Å². The number of anilines is 1. The molecular weight excluding hydrogens is 320 g/mol. The van der Waals surface area contributed by atoms with Gasteiger partial charge in [0.2, 0.25) is 5.91 Å². The van der Waals surface area contributed by atoms with E-state index < -0.39 is 5.97 Å². The quantitative estimate of drug-likeness (QED) is 0.551. The van der Waals surface area contributed by atoms with Crippen LogP contribution in [0.1, 0.15) is 55.8 Å². The van der Waals surface area contributed by atoms with Crippen LogP contribution in [0.3, 0.4) is 0 Å². The lowest BCUT2D eigenvalue weighted by Gasteiger charge is -2.16. The number of unbranched alkanes of at least 4 members (excludes halogenated alkanes) is 3. The van der Waals surface area contributed by atoms with Crippen LogP contribution in [0.5, 0.6) is 0 Å². The Kier molecular flexibility index (Phi) is 7.44. The van der Waals surface area contributed by atoms with Gasteiger partial charge in [-0.2, -0.15) is 0 Å². The molecular formula is C19H26N2O4. The summed E-state index contributed by atoms with van der Waals surface area (Å²) in [6, 6.07) is 6.76. The Morgan fingerprint density at radius 3 is 2.80 bits per heavy atom. The second-order valence-corrected chi connectivity index (χ2v) is 6.19. The average molecular weight is 346 g/mol. The Bertz CT molecular complexity index is 615. The third-order valence-corrected chi connectivity index (χ3v) is 4.15. The first-order valence-electron chi connectivity index (χ1n) is 8.96. The maximum atomic E-state index is 12.1. The van der Waals surface area contributed by atoms with E-state index in [2.05, 4.69) is 12.2 Å². The average Bonchev–Trinajstić information content (AvgIpc) is 3.05. The highest BCUT2D eigenvalue weighted by atomic mass is 16.5. The van der Waals surface area contributed by atoms with Crippen molar-refractivity contribution in [3.05, 3.63) is 29.8 Å². The van der Waals surface area contributed by atoms with Crippen LogP contribution in [0.25, 0.3) is 0 Å². The standard InChI is InChI=1S/C19H26N2O4/c1-2-3-4-5-11-20-17(22)14-25-19(24)15-8-6-9-16(13-15)21-12-7-10-18(21)23/h6,8-9,13H,2-5,7,10-12,14H2,1H3,(H,20,22). The summed E-state index contributed by atoms with van der Waals surface area (Å²) >= 11 is 0. The van der Waals surface area contributed by atoms with Gasteiger partial charge in [-0.3, -0.25) is 9.59 Å². The summed E-state index contributed by atoms with van der Waals surface area (Å²) in [5.74, 6) is -0.793. The molecule has 25 heavy (non-hydrogen) atoms. The molecule has 2 rings (SSSR count). The number of nitrogens with one attached hydrogen (secondary N) is 1. The van der Waals surface area contributed by atoms with Crippen molar-refractivity contribution >= 4 is 23.5 Å². The van der Waals surface area contributed by atoms with E-state index in [4.69, 9.17) is 4.74 Å². The third kappa shape index (κ3) is 5.89. The fourth-order valence-electron chi connectivity index (χ4n) is 2.77. The van der Waals surface area contributed by atoms with Gasteiger partial charge in [0, 0.05) is 25.2 Å². The molecule has 0 aliphatic carbocycles. The minimum Gasteiger partial charge on any atom is -0.452 e. The van der Waals surface area contributed by atoms with Crippen LogP contribution in [0.4, 0.5) is 5.69 Å². The fraction of sp³-hybridized carbons (Fsp3) is 0.526. The molecule has 6 heteroatoms. The van der Waals surface area contributed by atoms with Crippen LogP contribution in [-0.2, 0) is 14.3 Å². The lowest BCUT2D eigenvalue weighted by molar-refractivity contribution is -0.124. The first-order chi connectivity index (χ1) is 12.1. The summed E-state index contributed by atoms with van der Waals surface area (Å²) in [7, 11) is 0. The highest BCUT2D eigenvalue weighted by molar-refractivity contribution is 5.97. The summed E-state index contributed by atoms with van der Waals surface area (Å²) < 4.78 is 5.06. The van der Waals surface area contributed by atoms with Crippen molar-refractivity contribution in [3.8, 4) is 0 Å². The second kappa shape index (κ2) is 9.81. The molecule has 0 radical (unpaired) electrons. The number of hydrogen-bond acceptors (Lipinski definition) is 4. The molecule has 0 atom stereocenters. The number of nitrogens with zero attached hydrogens (tertiary/aromatic N) is 1. The molecule has 136 valence electrons. The summed E-state index contributed by atoms with van der Waals surface area (Å²) in [5, 5.41) is 2.74. The van der Waals surface area contributed by atoms with Crippen molar-refractivity contribution < 1.29 is 19.1 Å². The molecule has 0 saturated carbocycles. The first-order valence-corrected chi connectivity index (χ1v) is 8.96. The van der Waals surface area contributed by atoms with E-state index in [1.165, 1.54) is 0 Å². The van der Waals surface area contributed by atoms with Gasteiger partial charge in [0.1, 0.15) is 0 Å². The minimum absolute atomic E-state index is 0.0629. The first kappa shape index (κ1) is 19.0. The molecule has 0 spiro atoms. The third-order valence-electron chi connectivity index (χ3n) is 4.15. The van der Waals surface area contributed by atoms with Crippen molar-refractivity contribution in [1.82, 2.24) is 5.32 Å². The summed E-state index contributed by atoms with van der Waals surface area (Å²) in [4.78, 5) is 37.3. The van der Waals surface area contributed by atoms with E-state index in [9.17, 15) is 14.4 Å². The number of carbonyl (C=O) groups excluding carboxylic acids is 3. The monoisotopic (exact) mass is 346 g/mol. The lowest BCUT2D eigenvalue weighted by atomic mass is 10.2. The van der Waals surface area contributed by atoms with E-state index >= 15 is 0 Å². The molecule has 2 amide bonds.